The molecule has 0 heterocycles. The van der Waals surface area contributed by atoms with Crippen LogP contribution in [0.15, 0.2) is 48.5 Å². The molecule has 2 rings (SSSR count). The summed E-state index contributed by atoms with van der Waals surface area (Å²) in [7, 11) is 0. The van der Waals surface area contributed by atoms with Crippen LogP contribution in [0, 0.1) is 18.3 Å². The van der Waals surface area contributed by atoms with E-state index >= 15 is 0 Å². The van der Waals surface area contributed by atoms with Gasteiger partial charge in [0.15, 0.2) is 6.61 Å². The first-order valence-electron chi connectivity index (χ1n) is 7.07. The fourth-order valence-corrected chi connectivity index (χ4v) is 2.00. The molecule has 0 fully saturated rings. The first-order valence-corrected chi connectivity index (χ1v) is 7.07. The third-order valence-electron chi connectivity index (χ3n) is 3.31. The third-order valence-corrected chi connectivity index (χ3v) is 3.31. The van der Waals surface area contributed by atoms with Crippen LogP contribution in [0.5, 0.6) is 5.75 Å². The maximum absolute atomic E-state index is 11.9. The Kier molecular flexibility index (Phi) is 5.16. The summed E-state index contributed by atoms with van der Waals surface area (Å²) in [6, 6.07) is 16.7. The highest BCUT2D eigenvalue weighted by Crippen LogP contribution is 2.14. The molecular formula is C18H18N2O2. The molecule has 1 amide bonds. The molecule has 2 aromatic carbocycles. The van der Waals surface area contributed by atoms with Crippen molar-refractivity contribution in [3.63, 3.8) is 0 Å². The van der Waals surface area contributed by atoms with E-state index < -0.39 is 0 Å². The van der Waals surface area contributed by atoms with Crippen LogP contribution in [-0.2, 0) is 4.79 Å². The molecule has 22 heavy (non-hydrogen) atoms. The van der Waals surface area contributed by atoms with Gasteiger partial charge in [-0.15, -0.1) is 0 Å². The zero-order chi connectivity index (χ0) is 15.9. The SMILES string of the molecule is Cc1ccc(C(C)NC(=O)COc2ccc(C#N)cc2)cc1. The Morgan fingerprint density at radius 1 is 1.18 bits per heavy atom. The van der Waals surface area contributed by atoms with Gasteiger partial charge in [0.25, 0.3) is 5.91 Å². The molecule has 0 saturated heterocycles. The predicted octanol–water partition coefficient (Wildman–Crippen LogP) is 3.12. The highest BCUT2D eigenvalue weighted by molar-refractivity contribution is 5.78. The summed E-state index contributed by atoms with van der Waals surface area (Å²) in [5.41, 5.74) is 2.80. The van der Waals surface area contributed by atoms with Crippen LogP contribution in [-0.4, -0.2) is 12.5 Å². The molecule has 2 aromatic rings. The molecule has 0 spiro atoms. The molecule has 112 valence electrons. The van der Waals surface area contributed by atoms with E-state index in [9.17, 15) is 4.79 Å². The van der Waals surface area contributed by atoms with Gasteiger partial charge in [-0.05, 0) is 43.7 Å². The van der Waals surface area contributed by atoms with Gasteiger partial charge in [0, 0.05) is 0 Å². The van der Waals surface area contributed by atoms with Gasteiger partial charge in [-0.2, -0.15) is 5.26 Å². The predicted molar refractivity (Wildman–Crippen MR) is 84.4 cm³/mol. The largest absolute Gasteiger partial charge is 0.484 e. The number of carbonyl (C=O) groups is 1. The lowest BCUT2D eigenvalue weighted by Gasteiger charge is -2.15. The van der Waals surface area contributed by atoms with Gasteiger partial charge in [0.2, 0.25) is 0 Å². The van der Waals surface area contributed by atoms with Gasteiger partial charge >= 0.3 is 0 Å². The first-order chi connectivity index (χ1) is 10.6. The summed E-state index contributed by atoms with van der Waals surface area (Å²) < 4.78 is 5.40. The molecular weight excluding hydrogens is 276 g/mol. The number of nitriles is 1. The average molecular weight is 294 g/mol. The normalized spacial score (nSPS) is 11.3. The highest BCUT2D eigenvalue weighted by atomic mass is 16.5. The molecule has 0 aliphatic heterocycles. The summed E-state index contributed by atoms with van der Waals surface area (Å²) in [4.78, 5) is 11.9. The smallest absolute Gasteiger partial charge is 0.258 e. The number of aryl methyl sites for hydroxylation is 1. The van der Waals surface area contributed by atoms with Crippen molar-refractivity contribution in [1.29, 1.82) is 5.26 Å². The molecule has 0 aliphatic rings. The molecule has 0 aliphatic carbocycles. The standard InChI is InChI=1S/C18H18N2O2/c1-13-3-7-16(8-4-13)14(2)20-18(21)12-22-17-9-5-15(11-19)6-10-17/h3-10,14H,12H2,1-2H3,(H,20,21). The lowest BCUT2D eigenvalue weighted by Crippen LogP contribution is -2.31. The second-order valence-electron chi connectivity index (χ2n) is 5.12. The van der Waals surface area contributed by atoms with Crippen LogP contribution in [0.25, 0.3) is 0 Å². The van der Waals surface area contributed by atoms with Gasteiger partial charge in [0.1, 0.15) is 5.75 Å². The van der Waals surface area contributed by atoms with Gasteiger partial charge in [0.05, 0.1) is 17.7 Å². The number of ether oxygens (including phenoxy) is 1. The maximum Gasteiger partial charge on any atom is 0.258 e. The molecule has 4 nitrogen and oxygen atoms in total. The minimum atomic E-state index is -0.183. The summed E-state index contributed by atoms with van der Waals surface area (Å²) in [5.74, 6) is 0.384. The number of nitrogens with one attached hydrogen (secondary N) is 1. The molecule has 4 heteroatoms. The van der Waals surface area contributed by atoms with E-state index in [1.807, 2.05) is 44.2 Å². The van der Waals surface area contributed by atoms with Crippen LogP contribution in [0.2, 0.25) is 0 Å². The zero-order valence-corrected chi connectivity index (χ0v) is 12.7. The second-order valence-corrected chi connectivity index (χ2v) is 5.12. The van der Waals surface area contributed by atoms with E-state index in [1.165, 1.54) is 5.56 Å². The van der Waals surface area contributed by atoms with E-state index in [-0.39, 0.29) is 18.6 Å². The van der Waals surface area contributed by atoms with E-state index in [4.69, 9.17) is 10.00 Å². The molecule has 1 unspecified atom stereocenters. The van der Waals surface area contributed by atoms with Crippen LogP contribution in [0.3, 0.4) is 0 Å². The Morgan fingerprint density at radius 3 is 2.41 bits per heavy atom. The fourth-order valence-electron chi connectivity index (χ4n) is 2.00. The Bertz CT molecular complexity index is 670. The van der Waals surface area contributed by atoms with Crippen LogP contribution >= 0.6 is 0 Å². The van der Waals surface area contributed by atoms with Gasteiger partial charge < -0.3 is 10.1 Å². The van der Waals surface area contributed by atoms with Crippen molar-refractivity contribution in [3.05, 3.63) is 65.2 Å². The van der Waals surface area contributed by atoms with E-state index in [0.29, 0.717) is 11.3 Å². The van der Waals surface area contributed by atoms with Gasteiger partial charge in [-0.3, -0.25) is 4.79 Å². The topological polar surface area (TPSA) is 62.1 Å². The third kappa shape index (κ3) is 4.35. The monoisotopic (exact) mass is 294 g/mol. The van der Waals surface area contributed by atoms with Crippen LogP contribution in [0.1, 0.15) is 29.7 Å². The maximum atomic E-state index is 11.9. The number of benzene rings is 2. The quantitative estimate of drug-likeness (QED) is 0.921. The lowest BCUT2D eigenvalue weighted by molar-refractivity contribution is -0.123. The van der Waals surface area contributed by atoms with Gasteiger partial charge in [-0.1, -0.05) is 29.8 Å². The van der Waals surface area contributed by atoms with E-state index in [0.717, 1.165) is 5.56 Å². The molecule has 1 atom stereocenters. The molecule has 0 saturated carbocycles. The Morgan fingerprint density at radius 2 is 1.82 bits per heavy atom. The summed E-state index contributed by atoms with van der Waals surface area (Å²) in [6.45, 7) is 3.91. The van der Waals surface area contributed by atoms with Crippen LogP contribution in [0.4, 0.5) is 0 Å². The number of rotatable bonds is 5. The highest BCUT2D eigenvalue weighted by Gasteiger charge is 2.10. The number of hydrogen-bond acceptors (Lipinski definition) is 3. The summed E-state index contributed by atoms with van der Waals surface area (Å²) in [6.07, 6.45) is 0. The van der Waals surface area contributed by atoms with Gasteiger partial charge in [-0.25, -0.2) is 0 Å². The van der Waals surface area contributed by atoms with Crippen molar-refractivity contribution in [2.45, 2.75) is 19.9 Å². The Labute approximate surface area is 130 Å². The number of amides is 1. The Hall–Kier alpha value is -2.80. The number of carbonyl (C=O) groups excluding carboxylic acids is 1. The molecule has 0 radical (unpaired) electrons. The minimum absolute atomic E-state index is 0.0535. The van der Waals surface area contributed by atoms with Crippen molar-refractivity contribution in [2.24, 2.45) is 0 Å². The molecule has 1 N–H and O–H groups in total. The van der Waals surface area contributed by atoms with E-state index in [1.54, 1.807) is 24.3 Å². The minimum Gasteiger partial charge on any atom is -0.484 e. The molecule has 0 aromatic heterocycles. The summed E-state index contributed by atoms with van der Waals surface area (Å²) in [5, 5.41) is 11.6. The fraction of sp³-hybridized carbons (Fsp3) is 0.222. The first kappa shape index (κ1) is 15.6. The summed E-state index contributed by atoms with van der Waals surface area (Å²) >= 11 is 0. The molecule has 0 bridgehead atoms. The average Bonchev–Trinajstić information content (AvgIpc) is 2.54. The van der Waals surface area contributed by atoms with Crippen molar-refractivity contribution >= 4 is 5.91 Å². The zero-order valence-electron chi connectivity index (χ0n) is 12.7. The van der Waals surface area contributed by atoms with Crippen molar-refractivity contribution in [3.8, 4) is 11.8 Å². The van der Waals surface area contributed by atoms with Crippen molar-refractivity contribution < 1.29 is 9.53 Å². The van der Waals surface area contributed by atoms with Crippen LogP contribution < -0.4 is 10.1 Å². The second kappa shape index (κ2) is 7.28. The Balaban J connectivity index is 1.84. The number of hydrogen-bond donors (Lipinski definition) is 1. The van der Waals surface area contributed by atoms with Crippen molar-refractivity contribution in [2.75, 3.05) is 6.61 Å². The lowest BCUT2D eigenvalue weighted by atomic mass is 10.1. The van der Waals surface area contributed by atoms with Crippen molar-refractivity contribution in [1.82, 2.24) is 5.32 Å². The number of nitrogens with zero attached hydrogens (tertiary/aromatic N) is 1. The van der Waals surface area contributed by atoms with E-state index in [2.05, 4.69) is 5.32 Å².